The fourth-order valence-corrected chi connectivity index (χ4v) is 3.65. The van der Waals surface area contributed by atoms with Gasteiger partial charge in [-0.15, -0.1) is 10.2 Å². The lowest BCUT2D eigenvalue weighted by molar-refractivity contribution is -0.119. The molecule has 22 heavy (non-hydrogen) atoms. The van der Waals surface area contributed by atoms with Gasteiger partial charge < -0.3 is 11.1 Å². The van der Waals surface area contributed by atoms with Crippen molar-refractivity contribution < 1.29 is 4.79 Å². The summed E-state index contributed by atoms with van der Waals surface area (Å²) in [4.78, 5) is 16.5. The van der Waals surface area contributed by atoms with E-state index in [9.17, 15) is 4.79 Å². The molecule has 1 aliphatic rings. The Kier molecular flexibility index (Phi) is 4.57. The quantitative estimate of drug-likeness (QED) is 0.726. The van der Waals surface area contributed by atoms with E-state index in [1.807, 2.05) is 11.6 Å². The van der Waals surface area contributed by atoms with Crippen LogP contribution < -0.4 is 11.1 Å². The van der Waals surface area contributed by atoms with Crippen molar-refractivity contribution in [1.29, 1.82) is 0 Å². The molecule has 0 radical (unpaired) electrons. The Labute approximate surface area is 135 Å². The monoisotopic (exact) mass is 339 g/mol. The van der Waals surface area contributed by atoms with Crippen molar-refractivity contribution >= 4 is 34.1 Å². The number of nitrogens with one attached hydrogen (secondary N) is 1. The van der Waals surface area contributed by atoms with Crippen molar-refractivity contribution in [3.8, 4) is 0 Å². The van der Waals surface area contributed by atoms with E-state index in [-0.39, 0.29) is 17.7 Å². The van der Waals surface area contributed by atoms with Gasteiger partial charge in [0.2, 0.25) is 11.0 Å². The third-order valence-electron chi connectivity index (χ3n) is 3.38. The van der Waals surface area contributed by atoms with Crippen molar-refractivity contribution in [2.75, 3.05) is 11.5 Å². The Balaban J connectivity index is 1.60. The molecule has 118 valence electrons. The van der Waals surface area contributed by atoms with Crippen LogP contribution in [0, 0.1) is 5.92 Å². The molecular weight excluding hydrogens is 322 g/mol. The summed E-state index contributed by atoms with van der Waals surface area (Å²) in [6.45, 7) is 2.76. The summed E-state index contributed by atoms with van der Waals surface area (Å²) in [7, 11) is 0. The first-order chi connectivity index (χ1) is 10.7. The predicted octanol–water partition coefficient (Wildman–Crippen LogP) is 1.09. The molecule has 1 saturated carbocycles. The molecule has 2 aromatic heterocycles. The topological polar surface area (TPSA) is 112 Å². The highest BCUT2D eigenvalue weighted by molar-refractivity contribution is 8.01. The second-order valence-corrected chi connectivity index (χ2v) is 7.24. The smallest absolute Gasteiger partial charge is 0.231 e. The van der Waals surface area contributed by atoms with E-state index in [2.05, 4.69) is 25.6 Å². The average molecular weight is 339 g/mol. The van der Waals surface area contributed by atoms with Crippen LogP contribution in [-0.4, -0.2) is 36.6 Å². The van der Waals surface area contributed by atoms with Crippen LogP contribution in [-0.2, 0) is 11.3 Å². The Hall–Kier alpha value is -1.68. The molecule has 1 aliphatic carbocycles. The van der Waals surface area contributed by atoms with E-state index in [1.165, 1.54) is 23.1 Å². The molecule has 3 rings (SSSR count). The maximum Gasteiger partial charge on any atom is 0.231 e. The number of thioether (sulfide) groups is 1. The lowest BCUT2D eigenvalue weighted by Gasteiger charge is -2.17. The molecule has 3 N–H and O–H groups in total. The lowest BCUT2D eigenvalue weighted by atomic mass is 10.1. The molecule has 0 bridgehead atoms. The molecule has 0 spiro atoms. The van der Waals surface area contributed by atoms with E-state index >= 15 is 0 Å². The van der Waals surface area contributed by atoms with Gasteiger partial charge >= 0.3 is 0 Å². The minimum absolute atomic E-state index is 0.0404. The third-order valence-corrected chi connectivity index (χ3v) is 5.27. The maximum absolute atomic E-state index is 12.2. The first-order valence-corrected chi connectivity index (χ1v) is 8.86. The minimum atomic E-state index is -0.0601. The molecule has 1 amide bonds. The average Bonchev–Trinajstić information content (AvgIpc) is 3.09. The van der Waals surface area contributed by atoms with Crippen LogP contribution >= 0.6 is 23.1 Å². The zero-order chi connectivity index (χ0) is 15.5. The van der Waals surface area contributed by atoms with Gasteiger partial charge in [-0.1, -0.05) is 23.1 Å². The third kappa shape index (κ3) is 3.55. The number of nitrogens with two attached hydrogens (primary N) is 1. The molecule has 0 aromatic carbocycles. The van der Waals surface area contributed by atoms with Gasteiger partial charge in [0.25, 0.3) is 0 Å². The summed E-state index contributed by atoms with van der Waals surface area (Å²) in [5, 5.41) is 15.3. The van der Waals surface area contributed by atoms with Crippen molar-refractivity contribution in [2.45, 2.75) is 36.7 Å². The van der Waals surface area contributed by atoms with Crippen LogP contribution in [0.25, 0.3) is 0 Å². The summed E-state index contributed by atoms with van der Waals surface area (Å²) in [5.41, 5.74) is 5.52. The normalized spacial score (nSPS) is 15.7. The molecule has 2 heterocycles. The number of nitrogens with zero attached hydrogens (tertiary/aromatic N) is 5. The molecule has 8 nitrogen and oxygen atoms in total. The molecule has 1 atom stereocenters. The van der Waals surface area contributed by atoms with Crippen LogP contribution in [0.2, 0.25) is 0 Å². The van der Waals surface area contributed by atoms with Crippen molar-refractivity contribution in [2.24, 2.45) is 5.92 Å². The Morgan fingerprint density at radius 1 is 1.59 bits per heavy atom. The number of anilines is 1. The van der Waals surface area contributed by atoms with Crippen molar-refractivity contribution in [3.63, 3.8) is 0 Å². The number of nitrogen functional groups attached to an aromatic ring is 1. The van der Waals surface area contributed by atoms with Gasteiger partial charge in [0.05, 0.1) is 11.8 Å². The molecule has 0 aliphatic heterocycles. The number of aryl methyl sites for hydroxylation is 1. The first kappa shape index (κ1) is 15.2. The number of hydrogen-bond donors (Lipinski definition) is 2. The zero-order valence-electron chi connectivity index (χ0n) is 12.1. The Morgan fingerprint density at radius 3 is 3.05 bits per heavy atom. The molecule has 0 saturated heterocycles. The van der Waals surface area contributed by atoms with E-state index in [0.29, 0.717) is 15.4 Å². The first-order valence-electron chi connectivity index (χ1n) is 7.06. The van der Waals surface area contributed by atoms with E-state index in [1.54, 1.807) is 6.33 Å². The van der Waals surface area contributed by atoms with Gasteiger partial charge in [-0.25, -0.2) is 9.67 Å². The standard InChI is InChI=1S/C12H17N7OS2/c1-2-19-10(14-6-15-19)9(7-3-4-7)16-8(20)5-21-12-18-17-11(13)22-12/h6-7,9H,2-5H2,1H3,(H2,13,17)(H,16,20)/t9-/m0/s1. The highest BCUT2D eigenvalue weighted by atomic mass is 32.2. The highest BCUT2D eigenvalue weighted by Gasteiger charge is 2.36. The maximum atomic E-state index is 12.2. The molecular formula is C12H17N7OS2. The summed E-state index contributed by atoms with van der Waals surface area (Å²) >= 11 is 2.62. The van der Waals surface area contributed by atoms with Gasteiger partial charge in [0.15, 0.2) is 4.34 Å². The SMILES string of the molecule is CCn1ncnc1[C@@H](NC(=O)CSc1nnc(N)s1)C1CC1. The van der Waals surface area contributed by atoms with Gasteiger partial charge in [-0.3, -0.25) is 4.79 Å². The van der Waals surface area contributed by atoms with Crippen LogP contribution in [0.5, 0.6) is 0 Å². The second-order valence-electron chi connectivity index (χ2n) is 5.01. The van der Waals surface area contributed by atoms with Crippen LogP contribution in [0.4, 0.5) is 5.13 Å². The molecule has 1 fully saturated rings. The summed E-state index contributed by atoms with van der Waals surface area (Å²) in [6.07, 6.45) is 3.77. The fourth-order valence-electron chi connectivity index (χ4n) is 2.20. The largest absolute Gasteiger partial charge is 0.374 e. The number of carbonyl (C=O) groups excluding carboxylic acids is 1. The highest BCUT2D eigenvalue weighted by Crippen LogP contribution is 2.40. The Morgan fingerprint density at radius 2 is 2.41 bits per heavy atom. The number of amides is 1. The number of hydrogen-bond acceptors (Lipinski definition) is 8. The number of rotatable bonds is 7. The van der Waals surface area contributed by atoms with E-state index in [4.69, 9.17) is 5.73 Å². The van der Waals surface area contributed by atoms with E-state index in [0.717, 1.165) is 25.2 Å². The van der Waals surface area contributed by atoms with Gasteiger partial charge in [-0.05, 0) is 25.7 Å². The number of aromatic nitrogens is 5. The predicted molar refractivity (Wildman–Crippen MR) is 84.3 cm³/mol. The van der Waals surface area contributed by atoms with Crippen molar-refractivity contribution in [3.05, 3.63) is 12.2 Å². The van der Waals surface area contributed by atoms with Crippen LogP contribution in [0.1, 0.15) is 31.6 Å². The minimum Gasteiger partial charge on any atom is -0.374 e. The van der Waals surface area contributed by atoms with E-state index < -0.39 is 0 Å². The summed E-state index contributed by atoms with van der Waals surface area (Å²) in [6, 6.07) is -0.0601. The van der Waals surface area contributed by atoms with Crippen molar-refractivity contribution in [1.82, 2.24) is 30.3 Å². The van der Waals surface area contributed by atoms with Crippen LogP contribution in [0.3, 0.4) is 0 Å². The van der Waals surface area contributed by atoms with Gasteiger partial charge in [0, 0.05) is 6.54 Å². The van der Waals surface area contributed by atoms with Gasteiger partial charge in [-0.2, -0.15) is 5.10 Å². The molecule has 2 aromatic rings. The zero-order valence-corrected chi connectivity index (χ0v) is 13.7. The Bertz CT molecular complexity index is 651. The fraction of sp³-hybridized carbons (Fsp3) is 0.583. The summed E-state index contributed by atoms with van der Waals surface area (Å²) < 4.78 is 2.54. The number of carbonyl (C=O) groups is 1. The van der Waals surface area contributed by atoms with Gasteiger partial charge in [0.1, 0.15) is 12.2 Å². The second kappa shape index (κ2) is 6.61. The van der Waals surface area contributed by atoms with Crippen LogP contribution in [0.15, 0.2) is 10.7 Å². The molecule has 10 heteroatoms. The molecule has 0 unspecified atom stereocenters. The lowest BCUT2D eigenvalue weighted by Crippen LogP contribution is -2.33. The summed E-state index contributed by atoms with van der Waals surface area (Å²) in [5.74, 6) is 1.54.